The number of amides is 2. The van der Waals surface area contributed by atoms with Crippen LogP contribution >= 0.6 is 23.5 Å². The van der Waals surface area contributed by atoms with Crippen LogP contribution in [0.2, 0.25) is 0 Å². The molecule has 0 aliphatic carbocycles. The first-order valence-electron chi connectivity index (χ1n) is 11.9. The molecule has 186 valence electrons. The highest BCUT2D eigenvalue weighted by Crippen LogP contribution is 2.25. The summed E-state index contributed by atoms with van der Waals surface area (Å²) in [5.74, 6) is 2.56. The highest BCUT2D eigenvalue weighted by atomic mass is 32.2. The Kier molecular flexibility index (Phi) is 13.2. The van der Waals surface area contributed by atoms with Crippen LogP contribution in [0, 0.1) is 5.41 Å². The van der Waals surface area contributed by atoms with E-state index >= 15 is 0 Å². The van der Waals surface area contributed by atoms with Crippen LogP contribution in [0.15, 0.2) is 60.7 Å². The Labute approximate surface area is 212 Å². The SMILES string of the molecule is CC(C)(CSCc1ccccc1)C(=O)N[C@@H](CSCc1ccccc1)C(=O)NCCCCCO. The van der Waals surface area contributed by atoms with Gasteiger partial charge in [0.2, 0.25) is 11.8 Å². The van der Waals surface area contributed by atoms with Crippen LogP contribution < -0.4 is 10.6 Å². The number of rotatable bonds is 16. The topological polar surface area (TPSA) is 78.4 Å². The number of nitrogens with one attached hydrogen (secondary N) is 2. The normalized spacial score (nSPS) is 12.2. The molecule has 0 aliphatic rings. The van der Waals surface area contributed by atoms with Crippen molar-refractivity contribution >= 4 is 35.3 Å². The van der Waals surface area contributed by atoms with Gasteiger partial charge in [0, 0.05) is 36.2 Å². The number of carbonyl (C=O) groups is 2. The Balaban J connectivity index is 1.89. The van der Waals surface area contributed by atoms with Gasteiger partial charge in [0.15, 0.2) is 0 Å². The highest BCUT2D eigenvalue weighted by molar-refractivity contribution is 7.98. The van der Waals surface area contributed by atoms with E-state index in [1.807, 2.05) is 50.2 Å². The lowest BCUT2D eigenvalue weighted by molar-refractivity contribution is -0.132. The molecule has 0 spiro atoms. The Morgan fingerprint density at radius 1 is 0.882 bits per heavy atom. The van der Waals surface area contributed by atoms with Gasteiger partial charge >= 0.3 is 0 Å². The van der Waals surface area contributed by atoms with E-state index in [9.17, 15) is 9.59 Å². The van der Waals surface area contributed by atoms with Gasteiger partial charge in [0.1, 0.15) is 6.04 Å². The zero-order valence-corrected chi connectivity index (χ0v) is 21.9. The quantitative estimate of drug-likeness (QED) is 0.292. The minimum atomic E-state index is -0.594. The third-order valence-corrected chi connectivity index (χ3v) is 7.91. The molecule has 2 amide bonds. The van der Waals surface area contributed by atoms with Crippen LogP contribution in [0.3, 0.4) is 0 Å². The van der Waals surface area contributed by atoms with Crippen LogP contribution in [0.5, 0.6) is 0 Å². The molecule has 0 fully saturated rings. The number of carbonyl (C=O) groups excluding carboxylic acids is 2. The maximum Gasteiger partial charge on any atom is 0.243 e. The molecular weight excluding hydrogens is 464 g/mol. The van der Waals surface area contributed by atoms with Gasteiger partial charge < -0.3 is 15.7 Å². The van der Waals surface area contributed by atoms with Crippen molar-refractivity contribution in [1.29, 1.82) is 0 Å². The molecule has 0 aliphatic heterocycles. The van der Waals surface area contributed by atoms with Crippen LogP contribution in [-0.4, -0.2) is 47.6 Å². The van der Waals surface area contributed by atoms with Crippen molar-refractivity contribution < 1.29 is 14.7 Å². The van der Waals surface area contributed by atoms with Gasteiger partial charge in [-0.3, -0.25) is 9.59 Å². The molecule has 2 aromatic rings. The summed E-state index contributed by atoms with van der Waals surface area (Å²) in [6, 6.07) is 19.8. The van der Waals surface area contributed by atoms with Gasteiger partial charge in [-0.2, -0.15) is 23.5 Å². The third kappa shape index (κ3) is 11.0. The molecular formula is C27H38N2O3S2. The summed E-state index contributed by atoms with van der Waals surface area (Å²) in [6.45, 7) is 4.58. The second kappa shape index (κ2) is 15.8. The predicted octanol–water partition coefficient (Wildman–Crippen LogP) is 4.64. The van der Waals surface area contributed by atoms with E-state index in [1.54, 1.807) is 23.5 Å². The van der Waals surface area contributed by atoms with E-state index in [1.165, 1.54) is 11.1 Å². The maximum absolute atomic E-state index is 13.1. The van der Waals surface area contributed by atoms with Crippen molar-refractivity contribution in [3.8, 4) is 0 Å². The van der Waals surface area contributed by atoms with Gasteiger partial charge in [-0.15, -0.1) is 0 Å². The summed E-state index contributed by atoms with van der Waals surface area (Å²) in [6.07, 6.45) is 2.41. The maximum atomic E-state index is 13.1. The lowest BCUT2D eigenvalue weighted by Crippen LogP contribution is -2.52. The average Bonchev–Trinajstić information content (AvgIpc) is 2.84. The monoisotopic (exact) mass is 502 g/mol. The third-order valence-electron chi connectivity index (χ3n) is 5.34. The standard InChI is InChI=1S/C27H38N2O3S2/c1-27(2,21-34-19-23-14-8-4-9-15-23)26(32)29-24(25(31)28-16-10-5-11-17-30)20-33-18-22-12-6-3-7-13-22/h3-4,6-9,12-15,24,30H,5,10-11,16-21H2,1-2H3,(H,28,31)(H,29,32)/t24-/m0/s1. The summed E-state index contributed by atoms with van der Waals surface area (Å²) < 4.78 is 0. The Morgan fingerprint density at radius 2 is 1.47 bits per heavy atom. The van der Waals surface area contributed by atoms with Gasteiger partial charge in [0.25, 0.3) is 0 Å². The lowest BCUT2D eigenvalue weighted by atomic mass is 9.95. The Bertz CT molecular complexity index is 847. The fourth-order valence-corrected chi connectivity index (χ4v) is 5.41. The molecule has 0 bridgehead atoms. The van der Waals surface area contributed by atoms with Gasteiger partial charge in [-0.1, -0.05) is 74.5 Å². The first-order valence-corrected chi connectivity index (χ1v) is 14.2. The largest absolute Gasteiger partial charge is 0.396 e. The molecule has 2 aromatic carbocycles. The Hall–Kier alpha value is -1.96. The number of aliphatic hydroxyl groups excluding tert-OH is 1. The van der Waals surface area contributed by atoms with Crippen molar-refractivity contribution in [1.82, 2.24) is 10.6 Å². The van der Waals surface area contributed by atoms with Crippen LogP contribution in [0.1, 0.15) is 44.2 Å². The predicted molar refractivity (Wildman–Crippen MR) is 145 cm³/mol. The number of thioether (sulfide) groups is 2. The second-order valence-corrected chi connectivity index (χ2v) is 11.0. The van der Waals surface area contributed by atoms with Gasteiger partial charge in [-0.25, -0.2) is 0 Å². The van der Waals surface area contributed by atoms with Gasteiger partial charge in [0.05, 0.1) is 5.41 Å². The van der Waals surface area contributed by atoms with Crippen molar-refractivity contribution in [2.75, 3.05) is 24.7 Å². The lowest BCUT2D eigenvalue weighted by Gasteiger charge is -2.27. The average molecular weight is 503 g/mol. The summed E-state index contributed by atoms with van der Waals surface area (Å²) in [5.41, 5.74) is 1.84. The van der Waals surface area contributed by atoms with Crippen molar-refractivity contribution in [2.24, 2.45) is 5.41 Å². The van der Waals surface area contributed by atoms with Crippen molar-refractivity contribution in [3.63, 3.8) is 0 Å². The number of unbranched alkanes of at least 4 members (excludes halogenated alkanes) is 2. The summed E-state index contributed by atoms with van der Waals surface area (Å²) in [5, 5.41) is 14.9. The Morgan fingerprint density at radius 3 is 2.06 bits per heavy atom. The first-order chi connectivity index (χ1) is 16.4. The zero-order valence-electron chi connectivity index (χ0n) is 20.3. The fraction of sp³-hybridized carbons (Fsp3) is 0.481. The van der Waals surface area contributed by atoms with Crippen LogP contribution in [0.25, 0.3) is 0 Å². The van der Waals surface area contributed by atoms with Crippen molar-refractivity contribution in [2.45, 2.75) is 50.7 Å². The molecule has 0 saturated carbocycles. The molecule has 0 heterocycles. The van der Waals surface area contributed by atoms with Gasteiger partial charge in [-0.05, 0) is 30.4 Å². The van der Waals surface area contributed by atoms with Crippen molar-refractivity contribution in [3.05, 3.63) is 71.8 Å². The summed E-state index contributed by atoms with van der Waals surface area (Å²) in [4.78, 5) is 26.0. The molecule has 0 radical (unpaired) electrons. The van der Waals surface area contributed by atoms with Crippen LogP contribution in [-0.2, 0) is 21.1 Å². The van der Waals surface area contributed by atoms with E-state index < -0.39 is 11.5 Å². The second-order valence-electron chi connectivity index (χ2n) is 8.96. The molecule has 0 aromatic heterocycles. The fourth-order valence-electron chi connectivity index (χ4n) is 3.22. The van der Waals surface area contributed by atoms with E-state index in [4.69, 9.17) is 5.11 Å². The van der Waals surface area contributed by atoms with E-state index in [-0.39, 0.29) is 18.4 Å². The molecule has 1 atom stereocenters. The molecule has 7 heteroatoms. The number of hydrogen-bond acceptors (Lipinski definition) is 5. The first kappa shape index (κ1) is 28.3. The smallest absolute Gasteiger partial charge is 0.243 e. The van der Waals surface area contributed by atoms with Crippen LogP contribution in [0.4, 0.5) is 0 Å². The molecule has 3 N–H and O–H groups in total. The minimum absolute atomic E-state index is 0.103. The van der Waals surface area contributed by atoms with E-state index in [2.05, 4.69) is 34.9 Å². The number of benzene rings is 2. The summed E-state index contributed by atoms with van der Waals surface area (Å²) in [7, 11) is 0. The molecule has 5 nitrogen and oxygen atoms in total. The molecule has 2 rings (SSSR count). The molecule has 0 saturated heterocycles. The van der Waals surface area contributed by atoms with E-state index in [0.717, 1.165) is 30.8 Å². The van der Waals surface area contributed by atoms with E-state index in [0.29, 0.717) is 18.1 Å². The number of hydrogen-bond donors (Lipinski definition) is 3. The number of aliphatic hydroxyl groups is 1. The zero-order chi connectivity index (χ0) is 24.7. The highest BCUT2D eigenvalue weighted by Gasteiger charge is 2.31. The minimum Gasteiger partial charge on any atom is -0.396 e. The molecule has 0 unspecified atom stereocenters. The summed E-state index contributed by atoms with van der Waals surface area (Å²) >= 11 is 3.37. The molecule has 34 heavy (non-hydrogen) atoms.